The van der Waals surface area contributed by atoms with Crippen LogP contribution in [0.15, 0.2) is 30.6 Å². The Hall–Kier alpha value is -2.01. The van der Waals surface area contributed by atoms with Gasteiger partial charge in [0.25, 0.3) is 0 Å². The Morgan fingerprint density at radius 1 is 1.32 bits per heavy atom. The van der Waals surface area contributed by atoms with Crippen molar-refractivity contribution < 1.29 is 4.79 Å². The van der Waals surface area contributed by atoms with Crippen molar-refractivity contribution in [1.29, 1.82) is 0 Å². The van der Waals surface area contributed by atoms with E-state index in [9.17, 15) is 4.79 Å². The summed E-state index contributed by atoms with van der Waals surface area (Å²) in [6.07, 6.45) is 1.83. The van der Waals surface area contributed by atoms with Gasteiger partial charge in [-0.3, -0.25) is 4.90 Å². The SMILES string of the molecule is CCn1cnc(CN2CCN(c3cccc(Cl)c3)C2=O)c1C. The number of benzene rings is 1. The van der Waals surface area contributed by atoms with Crippen molar-refractivity contribution in [3.63, 3.8) is 0 Å². The van der Waals surface area contributed by atoms with Gasteiger partial charge >= 0.3 is 6.03 Å². The molecule has 0 bridgehead atoms. The molecule has 1 aromatic heterocycles. The maximum Gasteiger partial charge on any atom is 0.324 e. The summed E-state index contributed by atoms with van der Waals surface area (Å²) in [7, 11) is 0. The smallest absolute Gasteiger partial charge is 0.324 e. The Balaban J connectivity index is 1.75. The molecule has 6 heteroatoms. The molecule has 5 nitrogen and oxygen atoms in total. The molecule has 2 amide bonds. The summed E-state index contributed by atoms with van der Waals surface area (Å²) in [5, 5.41) is 0.640. The zero-order chi connectivity index (χ0) is 15.7. The molecule has 116 valence electrons. The minimum Gasteiger partial charge on any atom is -0.335 e. The largest absolute Gasteiger partial charge is 0.335 e. The van der Waals surface area contributed by atoms with Crippen LogP contribution in [-0.4, -0.2) is 33.6 Å². The maximum absolute atomic E-state index is 12.6. The average Bonchev–Trinajstić information content (AvgIpc) is 3.04. The van der Waals surface area contributed by atoms with Crippen molar-refractivity contribution in [2.75, 3.05) is 18.0 Å². The Kier molecular flexibility index (Phi) is 4.07. The zero-order valence-electron chi connectivity index (χ0n) is 12.8. The molecular formula is C16H19ClN4O. The van der Waals surface area contributed by atoms with Crippen LogP contribution in [0.3, 0.4) is 0 Å². The van der Waals surface area contributed by atoms with Gasteiger partial charge in [0.15, 0.2) is 0 Å². The molecule has 0 aliphatic carbocycles. The predicted molar refractivity (Wildman–Crippen MR) is 87.2 cm³/mol. The lowest BCUT2D eigenvalue weighted by Gasteiger charge is -2.18. The molecule has 2 aromatic rings. The highest BCUT2D eigenvalue weighted by molar-refractivity contribution is 6.30. The van der Waals surface area contributed by atoms with Crippen LogP contribution < -0.4 is 4.90 Å². The van der Waals surface area contributed by atoms with Crippen LogP contribution >= 0.6 is 11.6 Å². The van der Waals surface area contributed by atoms with Gasteiger partial charge in [-0.1, -0.05) is 17.7 Å². The third-order valence-corrected chi connectivity index (χ3v) is 4.33. The summed E-state index contributed by atoms with van der Waals surface area (Å²) in [5.74, 6) is 0. The Morgan fingerprint density at radius 3 is 2.82 bits per heavy atom. The lowest BCUT2D eigenvalue weighted by molar-refractivity contribution is 0.218. The molecule has 22 heavy (non-hydrogen) atoms. The van der Waals surface area contributed by atoms with Gasteiger partial charge in [-0.15, -0.1) is 0 Å². The fourth-order valence-electron chi connectivity index (χ4n) is 2.75. The first-order chi connectivity index (χ1) is 10.6. The zero-order valence-corrected chi connectivity index (χ0v) is 13.5. The monoisotopic (exact) mass is 318 g/mol. The lowest BCUT2D eigenvalue weighted by Crippen LogP contribution is -2.31. The van der Waals surface area contributed by atoms with Crippen LogP contribution in [0.5, 0.6) is 0 Å². The van der Waals surface area contributed by atoms with Crippen LogP contribution in [0.1, 0.15) is 18.3 Å². The fraction of sp³-hybridized carbons (Fsp3) is 0.375. The number of aryl methyl sites for hydroxylation is 1. The number of anilines is 1. The number of rotatable bonds is 4. The Labute approximate surface area is 135 Å². The number of amides is 2. The number of aromatic nitrogens is 2. The fourth-order valence-corrected chi connectivity index (χ4v) is 2.94. The third-order valence-electron chi connectivity index (χ3n) is 4.10. The molecule has 0 saturated carbocycles. The van der Waals surface area contributed by atoms with E-state index in [1.54, 1.807) is 4.90 Å². The number of hydrogen-bond acceptors (Lipinski definition) is 2. The molecule has 3 rings (SSSR count). The summed E-state index contributed by atoms with van der Waals surface area (Å²) in [6.45, 7) is 6.94. The first kappa shape index (κ1) is 14.9. The average molecular weight is 319 g/mol. The second-order valence-electron chi connectivity index (χ2n) is 5.40. The van der Waals surface area contributed by atoms with Crippen molar-refractivity contribution in [1.82, 2.24) is 14.5 Å². The molecule has 0 atom stereocenters. The van der Waals surface area contributed by atoms with Crippen molar-refractivity contribution in [3.05, 3.63) is 47.0 Å². The Morgan fingerprint density at radius 2 is 2.14 bits per heavy atom. The molecule has 1 aliphatic heterocycles. The highest BCUT2D eigenvalue weighted by atomic mass is 35.5. The lowest BCUT2D eigenvalue weighted by atomic mass is 10.3. The normalized spacial score (nSPS) is 15.0. The van der Waals surface area contributed by atoms with E-state index < -0.39 is 0 Å². The molecule has 0 radical (unpaired) electrons. The standard InChI is InChI=1S/C16H19ClN4O/c1-3-19-11-18-15(12(19)2)10-20-7-8-21(16(20)22)14-6-4-5-13(17)9-14/h4-6,9,11H,3,7-8,10H2,1-2H3. The molecule has 1 fully saturated rings. The highest BCUT2D eigenvalue weighted by Crippen LogP contribution is 2.24. The number of carbonyl (C=O) groups is 1. The molecule has 0 N–H and O–H groups in total. The number of halogens is 1. The number of hydrogen-bond donors (Lipinski definition) is 0. The number of nitrogens with zero attached hydrogens (tertiary/aromatic N) is 4. The van der Waals surface area contributed by atoms with E-state index in [1.165, 1.54) is 0 Å². The minimum atomic E-state index is 0.00714. The van der Waals surface area contributed by atoms with Crippen LogP contribution in [0.25, 0.3) is 0 Å². The molecule has 0 unspecified atom stereocenters. The quantitative estimate of drug-likeness (QED) is 0.868. The van der Waals surface area contributed by atoms with Gasteiger partial charge in [-0.25, -0.2) is 9.78 Å². The van der Waals surface area contributed by atoms with Crippen LogP contribution in [0.2, 0.25) is 5.02 Å². The van der Waals surface area contributed by atoms with Crippen molar-refractivity contribution >= 4 is 23.3 Å². The van der Waals surface area contributed by atoms with Gasteiger partial charge in [-0.2, -0.15) is 0 Å². The van der Waals surface area contributed by atoms with Gasteiger partial charge in [0.05, 0.1) is 18.6 Å². The van der Waals surface area contributed by atoms with Gasteiger partial charge in [0.1, 0.15) is 0 Å². The predicted octanol–water partition coefficient (Wildman–Crippen LogP) is 3.31. The van der Waals surface area contributed by atoms with E-state index in [-0.39, 0.29) is 6.03 Å². The van der Waals surface area contributed by atoms with Gasteiger partial charge < -0.3 is 9.47 Å². The summed E-state index contributed by atoms with van der Waals surface area (Å²) < 4.78 is 2.09. The van der Waals surface area contributed by atoms with Crippen molar-refractivity contribution in [2.45, 2.75) is 26.9 Å². The van der Waals surface area contributed by atoms with Crippen molar-refractivity contribution in [2.24, 2.45) is 0 Å². The minimum absolute atomic E-state index is 0.00714. The first-order valence-corrected chi connectivity index (χ1v) is 7.80. The van der Waals surface area contributed by atoms with E-state index in [0.29, 0.717) is 24.7 Å². The second-order valence-corrected chi connectivity index (χ2v) is 5.83. The van der Waals surface area contributed by atoms with E-state index in [2.05, 4.69) is 16.5 Å². The first-order valence-electron chi connectivity index (χ1n) is 7.42. The highest BCUT2D eigenvalue weighted by Gasteiger charge is 2.30. The molecule has 1 aromatic carbocycles. The van der Waals surface area contributed by atoms with Gasteiger partial charge in [0.2, 0.25) is 0 Å². The van der Waals surface area contributed by atoms with E-state index in [1.807, 2.05) is 42.4 Å². The van der Waals surface area contributed by atoms with E-state index in [4.69, 9.17) is 11.6 Å². The van der Waals surface area contributed by atoms with E-state index >= 15 is 0 Å². The van der Waals surface area contributed by atoms with E-state index in [0.717, 1.165) is 23.6 Å². The molecular weight excluding hydrogens is 300 g/mol. The molecule has 1 aliphatic rings. The topological polar surface area (TPSA) is 41.4 Å². The third kappa shape index (κ3) is 2.68. The molecule has 0 spiro atoms. The molecule has 1 saturated heterocycles. The van der Waals surface area contributed by atoms with Crippen LogP contribution in [-0.2, 0) is 13.1 Å². The number of urea groups is 1. The van der Waals surface area contributed by atoms with Crippen LogP contribution in [0.4, 0.5) is 10.5 Å². The van der Waals surface area contributed by atoms with Gasteiger partial charge in [-0.05, 0) is 32.0 Å². The Bertz CT molecular complexity index is 697. The number of carbonyl (C=O) groups excluding carboxylic acids is 1. The summed E-state index contributed by atoms with van der Waals surface area (Å²) in [5.41, 5.74) is 2.93. The number of imidazole rings is 1. The summed E-state index contributed by atoms with van der Waals surface area (Å²) >= 11 is 6.01. The maximum atomic E-state index is 12.6. The second kappa shape index (κ2) is 6.01. The van der Waals surface area contributed by atoms with Gasteiger partial charge in [0, 0.05) is 36.0 Å². The summed E-state index contributed by atoms with van der Waals surface area (Å²) in [6, 6.07) is 7.41. The summed E-state index contributed by atoms with van der Waals surface area (Å²) in [4.78, 5) is 20.6. The van der Waals surface area contributed by atoms with Crippen molar-refractivity contribution in [3.8, 4) is 0 Å². The van der Waals surface area contributed by atoms with Crippen LogP contribution in [0, 0.1) is 6.92 Å². The molecule has 2 heterocycles.